The molecule has 15 bridgehead atoms. The predicted molar refractivity (Wildman–Crippen MR) is 445 cm³/mol. The number of rotatable bonds is 22. The van der Waals surface area contributed by atoms with Crippen LogP contribution in [0.5, 0.6) is 69.0 Å². The van der Waals surface area contributed by atoms with Crippen molar-refractivity contribution in [3.63, 3.8) is 0 Å². The number of hydrogen-bond donors (Lipinski definition) is 19. The number of unbranched alkanes of at least 4 members (excludes halogenated alkanes) is 5. The number of nitrogens with zero attached hydrogens (tertiary/aromatic N) is 1. The highest BCUT2D eigenvalue weighted by atomic mass is 35.5. The molecule has 8 aliphatic rings. The van der Waals surface area contributed by atoms with Crippen molar-refractivity contribution in [2.75, 3.05) is 33.8 Å². The molecule has 2 saturated heterocycles. The van der Waals surface area contributed by atoms with Crippen molar-refractivity contribution in [3.8, 4) is 80.1 Å². The fraction of sp³-hybridized carbons (Fsp3) is 0.414. The maximum atomic E-state index is 16.5. The molecule has 7 aromatic carbocycles. The zero-order chi connectivity index (χ0) is 89.9. The lowest BCUT2D eigenvalue weighted by atomic mass is 9.90. The number of carbonyl (C=O) groups is 9. The molecule has 125 heavy (non-hydrogen) atoms. The molecule has 38 heteroatoms. The lowest BCUT2D eigenvalue weighted by molar-refractivity contribution is -0.277. The van der Waals surface area contributed by atoms with Gasteiger partial charge in [-0.3, -0.25) is 38.4 Å². The van der Waals surface area contributed by atoms with E-state index in [1.165, 1.54) is 60.7 Å². The third kappa shape index (κ3) is 22.5. The van der Waals surface area contributed by atoms with E-state index in [0.29, 0.717) is 42.9 Å². The Morgan fingerprint density at radius 1 is 0.584 bits per heavy atom. The predicted octanol–water partition coefficient (Wildman–Crippen LogP) is 5.34. The number of carboxylic acid groups (broad SMARTS) is 1. The average Bonchev–Trinajstić information content (AvgIpc) is 0.784. The van der Waals surface area contributed by atoms with Crippen LogP contribution in [-0.4, -0.2) is 215 Å². The normalized spacial score (nSPS) is 24.0. The molecular weight excluding hydrogens is 1670 g/mol. The van der Waals surface area contributed by atoms with Crippen molar-refractivity contribution in [3.05, 3.63) is 164 Å². The quantitative estimate of drug-likeness (QED) is 0.0381. The highest BCUT2D eigenvalue weighted by Crippen LogP contribution is 2.50. The SMILES string of the molecule is CC(C)CCCCCCCCC(=O)N[C@H]1[C@H](Oc2c3cc4cc2Oc2ccc(cc2Cl)CCC(=O)N[C@H](C(=O)NCCCN(C)C)c2cc(O)cc(O[C@H]5O[C@H](CO)[C@@H](O)[C@H](O)[C@@H]5O)c2-c2cc(ccc2O)[C@H](C(N)=O)NC(=O)[C@@H]4NC(=O)[C@H]2NC(=O)[C@@H](Cc4ccc(cc4)O3)NC(=O)Cc3ccc(c(O)c3)Oc3cc(O)c(Cl)c2c3)O[C@H](C(=O)O)[C@@H](O)[C@@H]1O. The summed E-state index contributed by atoms with van der Waals surface area (Å²) in [4.78, 5) is 136. The van der Waals surface area contributed by atoms with Crippen molar-refractivity contribution < 1.29 is 132 Å². The molecule has 15 rings (SSSR count). The minimum atomic E-state index is -2.38. The van der Waals surface area contributed by atoms with Crippen molar-refractivity contribution in [1.82, 2.24) is 42.1 Å². The van der Waals surface area contributed by atoms with Gasteiger partial charge in [-0.05, 0) is 152 Å². The van der Waals surface area contributed by atoms with E-state index in [1.54, 1.807) is 14.1 Å². The third-order valence-corrected chi connectivity index (χ3v) is 22.5. The zero-order valence-electron chi connectivity index (χ0n) is 68.3. The molecular formula is C87H99Cl2N9O27. The maximum absolute atomic E-state index is 16.5. The number of aliphatic carboxylic acids is 1. The molecule has 0 radical (unpaired) electrons. The summed E-state index contributed by atoms with van der Waals surface area (Å²) >= 11 is 14.2. The van der Waals surface area contributed by atoms with Crippen LogP contribution in [-0.2, 0) is 71.9 Å². The Balaban J connectivity index is 1.08. The Kier molecular flexibility index (Phi) is 30.2. The monoisotopic (exact) mass is 1770 g/mol. The van der Waals surface area contributed by atoms with Crippen LogP contribution in [0, 0.1) is 5.92 Å². The van der Waals surface area contributed by atoms with E-state index >= 15 is 19.2 Å². The number of aliphatic hydroxyl groups is 6. The number of ether oxygens (including phenoxy) is 7. The smallest absolute Gasteiger partial charge is 0.335 e. The molecule has 2 fully saturated rings. The molecule has 0 aliphatic carbocycles. The van der Waals surface area contributed by atoms with E-state index in [1.807, 2.05) is 4.90 Å². The summed E-state index contributed by atoms with van der Waals surface area (Å²) in [6.45, 7) is 3.74. The van der Waals surface area contributed by atoms with Gasteiger partial charge < -0.3 is 137 Å². The van der Waals surface area contributed by atoms with Crippen LogP contribution in [0.3, 0.4) is 0 Å². The number of phenolic OH excluding ortho intramolecular Hbond substituents is 4. The van der Waals surface area contributed by atoms with Crippen LogP contribution in [0.15, 0.2) is 115 Å². The number of aromatic hydroxyl groups is 4. The number of phenols is 4. The number of benzene rings is 7. The molecule has 0 unspecified atom stereocenters. The van der Waals surface area contributed by atoms with Crippen molar-refractivity contribution in [2.45, 2.75) is 189 Å². The van der Waals surface area contributed by atoms with E-state index in [2.05, 4.69) is 51.1 Å². The number of halogens is 2. The maximum Gasteiger partial charge on any atom is 0.335 e. The minimum absolute atomic E-state index is 0.0267. The van der Waals surface area contributed by atoms with Crippen molar-refractivity contribution >= 4 is 76.4 Å². The number of amides is 8. The van der Waals surface area contributed by atoms with Gasteiger partial charge in [-0.2, -0.15) is 0 Å². The number of carbonyl (C=O) groups excluding carboxylic acids is 8. The Labute approximate surface area is 726 Å². The van der Waals surface area contributed by atoms with Gasteiger partial charge in [0.2, 0.25) is 65.6 Å². The molecule has 0 saturated carbocycles. The first-order valence-electron chi connectivity index (χ1n) is 40.6. The second kappa shape index (κ2) is 40.9. The first-order chi connectivity index (χ1) is 59.6. The number of nitrogens with two attached hydrogens (primary N) is 1. The number of primary amides is 1. The molecule has 7 aromatic rings. The van der Waals surface area contributed by atoms with Gasteiger partial charge in [0.25, 0.3) is 0 Å². The molecule has 668 valence electrons. The molecule has 0 spiro atoms. The topological polar surface area (TPSA) is 554 Å². The first-order valence-corrected chi connectivity index (χ1v) is 41.4. The molecule has 8 heterocycles. The number of fused-ring (bicyclic) bond motifs is 15. The summed E-state index contributed by atoms with van der Waals surface area (Å²) in [5, 5.41) is 143. The van der Waals surface area contributed by atoms with E-state index < -0.39 is 238 Å². The molecule has 15 atom stereocenters. The number of nitrogens with one attached hydrogen (secondary N) is 7. The summed E-state index contributed by atoms with van der Waals surface area (Å²) in [6.07, 6.45) is -14.2. The van der Waals surface area contributed by atoms with Crippen LogP contribution in [0.4, 0.5) is 0 Å². The van der Waals surface area contributed by atoms with E-state index in [-0.39, 0.29) is 70.5 Å². The minimum Gasteiger partial charge on any atom is -0.508 e. The van der Waals surface area contributed by atoms with Gasteiger partial charge in [0, 0.05) is 54.6 Å². The summed E-state index contributed by atoms with van der Waals surface area (Å²) < 4.78 is 44.4. The van der Waals surface area contributed by atoms with Gasteiger partial charge in [-0.1, -0.05) is 106 Å². The Bertz CT molecular complexity index is 5180. The second-order valence-electron chi connectivity index (χ2n) is 31.9. The van der Waals surface area contributed by atoms with Crippen LogP contribution >= 0.6 is 23.2 Å². The van der Waals surface area contributed by atoms with Crippen molar-refractivity contribution in [1.29, 1.82) is 0 Å². The fourth-order valence-corrected chi connectivity index (χ4v) is 15.6. The number of aliphatic hydroxyl groups excluding tert-OH is 6. The molecule has 0 aromatic heterocycles. The molecule has 36 nitrogen and oxygen atoms in total. The largest absolute Gasteiger partial charge is 0.508 e. The van der Waals surface area contributed by atoms with Gasteiger partial charge in [0.05, 0.1) is 23.1 Å². The van der Waals surface area contributed by atoms with Gasteiger partial charge in [-0.25, -0.2) is 4.79 Å². The zero-order valence-corrected chi connectivity index (χ0v) is 69.8. The molecule has 20 N–H and O–H groups in total. The average molecular weight is 1770 g/mol. The number of hydrogen-bond acceptors (Lipinski definition) is 27. The second-order valence-corrected chi connectivity index (χ2v) is 32.7. The van der Waals surface area contributed by atoms with E-state index in [0.717, 1.165) is 86.7 Å². The fourth-order valence-electron chi connectivity index (χ4n) is 15.2. The van der Waals surface area contributed by atoms with Crippen LogP contribution in [0.2, 0.25) is 10.0 Å². The van der Waals surface area contributed by atoms with Crippen LogP contribution in [0.25, 0.3) is 11.1 Å². The summed E-state index contributed by atoms with van der Waals surface area (Å²) in [5.74, 6) is -16.1. The Morgan fingerprint density at radius 2 is 1.26 bits per heavy atom. The first kappa shape index (κ1) is 92.4. The Morgan fingerprint density at radius 3 is 1.96 bits per heavy atom. The lowest BCUT2D eigenvalue weighted by Gasteiger charge is -2.41. The molecule has 8 aliphatic heterocycles. The summed E-state index contributed by atoms with van der Waals surface area (Å²) in [6, 6.07) is 10.9. The van der Waals surface area contributed by atoms with E-state index in [9.17, 15) is 80.1 Å². The highest BCUT2D eigenvalue weighted by Gasteiger charge is 2.51. The lowest BCUT2D eigenvalue weighted by Crippen LogP contribution is -2.66. The standard InChI is InChI=1S/C87H99Cl2N9O27/c1-40(2)12-9-7-5-6-8-10-13-63(104)94-72-74(108)76(110)79(85(117)118)125-86(72)124-78-60-33-45-34-61(78)121-57-23-16-41(28-52(57)88)18-25-64(105)93-70(82(114)91-26-11-27-98(3)4)50-35-46(100)36-59(122-87-77(111)75(109)73(107)62(39-99)123-87)66(50)49-32-44(19-22-54(49)101)68(80(90)112)95-83(115)69(45)96-84(116)71-51-37-48(38-56(103)67(51)89)120-58-24-17-43(30-55(58)102)31-65(106)92-53(81(113)97-71)29-42-14-20-47(119-60)21-15-42/h14-17,19-24,28,30,32-38,40,53,62,68-77,79,86-87,99-103,107-111H,5-13,18,25-27,29,31,39H2,1-4H3,(H2,90,112)(H,91,114)(H,92,106)(H,93,105)(H,94,104)(H,95,115)(H,96,116)(H,97,113)(H,117,118)/t53-,62-,68-,69-,70+,71+,72-,73-,74-,75+,76+,77+,79+,86-,87+/m1/s1. The van der Waals surface area contributed by atoms with Crippen LogP contribution < -0.4 is 66.6 Å². The number of aryl methyl sites for hydroxylation is 1. The van der Waals surface area contributed by atoms with Gasteiger partial charge in [0.1, 0.15) is 113 Å². The third-order valence-electron chi connectivity index (χ3n) is 21.8. The summed E-state index contributed by atoms with van der Waals surface area (Å²) in [7, 11) is 3.57. The highest BCUT2D eigenvalue weighted by molar-refractivity contribution is 6.33. The molecule has 8 amide bonds. The van der Waals surface area contributed by atoms with E-state index in [4.69, 9.17) is 62.1 Å². The van der Waals surface area contributed by atoms with Gasteiger partial charge >= 0.3 is 5.97 Å². The summed E-state index contributed by atoms with van der Waals surface area (Å²) in [5.41, 5.74) is 4.57. The van der Waals surface area contributed by atoms with Gasteiger partial charge in [0.15, 0.2) is 29.1 Å². The van der Waals surface area contributed by atoms with Crippen LogP contribution in [0.1, 0.15) is 141 Å². The number of carboxylic acids is 1. The van der Waals surface area contributed by atoms with Crippen molar-refractivity contribution in [2.24, 2.45) is 11.7 Å². The van der Waals surface area contributed by atoms with Gasteiger partial charge in [-0.15, -0.1) is 0 Å². The Hall–Kier alpha value is -11.8.